The number of amides is 1. The second kappa shape index (κ2) is 7.06. The van der Waals surface area contributed by atoms with Crippen LogP contribution in [0, 0.1) is 0 Å². The predicted octanol–water partition coefficient (Wildman–Crippen LogP) is 4.79. The summed E-state index contributed by atoms with van der Waals surface area (Å²) in [4.78, 5) is 15.5. The highest BCUT2D eigenvalue weighted by Gasteiger charge is 2.08. The molecule has 0 aliphatic rings. The van der Waals surface area contributed by atoms with E-state index < -0.39 is 0 Å². The Labute approximate surface area is 160 Å². The van der Waals surface area contributed by atoms with Gasteiger partial charge in [-0.2, -0.15) is 0 Å². The quantitative estimate of drug-likeness (QED) is 0.509. The number of benzene rings is 2. The van der Waals surface area contributed by atoms with Gasteiger partial charge >= 0.3 is 0 Å². The Morgan fingerprint density at radius 2 is 1.88 bits per heavy atom. The first-order valence-electron chi connectivity index (χ1n) is 8.37. The molecule has 2 heterocycles. The fourth-order valence-electron chi connectivity index (χ4n) is 3.20. The van der Waals surface area contributed by atoms with Crippen LogP contribution in [-0.4, -0.2) is 22.0 Å². The van der Waals surface area contributed by atoms with Crippen LogP contribution in [0.1, 0.15) is 5.56 Å². The topological polar surface area (TPSA) is 49.8 Å². The number of hydrogen-bond donors (Lipinski definition) is 2. The normalized spacial score (nSPS) is 11.3. The van der Waals surface area contributed by atoms with Gasteiger partial charge < -0.3 is 14.9 Å². The van der Waals surface area contributed by atoms with E-state index in [0.29, 0.717) is 16.6 Å². The zero-order chi connectivity index (χ0) is 18.1. The molecule has 6 heteroatoms. The van der Waals surface area contributed by atoms with Crippen LogP contribution in [0.15, 0.2) is 54.9 Å². The third-order valence-electron chi connectivity index (χ3n) is 4.50. The minimum Gasteiger partial charge on any atom is -0.361 e. The van der Waals surface area contributed by atoms with E-state index in [1.807, 2.05) is 59.4 Å². The molecule has 2 aromatic carbocycles. The molecule has 0 radical (unpaired) electrons. The first-order chi connectivity index (χ1) is 12.6. The number of H-pyrrole nitrogens is 1. The Morgan fingerprint density at radius 3 is 2.77 bits per heavy atom. The molecule has 4 nitrogen and oxygen atoms in total. The van der Waals surface area contributed by atoms with Gasteiger partial charge in [-0.1, -0.05) is 29.3 Å². The maximum atomic E-state index is 12.3. The standard InChI is InChI=1S/C20H17Cl2N3O/c21-15-3-4-18-17(9-15)14(11-24-18)5-7-23-20(26)12-25-8-6-13-1-2-16(22)10-19(13)25/h1-4,6,8-11,24H,5,7,12H2,(H,23,26). The van der Waals surface area contributed by atoms with Gasteiger partial charge in [0.15, 0.2) is 0 Å². The lowest BCUT2D eigenvalue weighted by Gasteiger charge is -2.07. The third kappa shape index (κ3) is 3.43. The summed E-state index contributed by atoms with van der Waals surface area (Å²) in [5, 5.41) is 6.51. The predicted molar refractivity (Wildman–Crippen MR) is 107 cm³/mol. The van der Waals surface area contributed by atoms with Crippen molar-refractivity contribution in [2.45, 2.75) is 13.0 Å². The van der Waals surface area contributed by atoms with E-state index in [9.17, 15) is 4.79 Å². The highest BCUT2D eigenvalue weighted by Crippen LogP contribution is 2.23. The van der Waals surface area contributed by atoms with Crippen LogP contribution in [0.4, 0.5) is 0 Å². The third-order valence-corrected chi connectivity index (χ3v) is 4.97. The largest absolute Gasteiger partial charge is 0.361 e. The summed E-state index contributed by atoms with van der Waals surface area (Å²) in [5.74, 6) is -0.0275. The average Bonchev–Trinajstić information content (AvgIpc) is 3.19. The van der Waals surface area contributed by atoms with Crippen molar-refractivity contribution in [2.24, 2.45) is 0 Å². The number of fused-ring (bicyclic) bond motifs is 2. The van der Waals surface area contributed by atoms with E-state index in [-0.39, 0.29) is 12.5 Å². The zero-order valence-corrected chi connectivity index (χ0v) is 15.4. The number of rotatable bonds is 5. The van der Waals surface area contributed by atoms with E-state index in [2.05, 4.69) is 10.3 Å². The van der Waals surface area contributed by atoms with Crippen LogP contribution < -0.4 is 5.32 Å². The molecule has 0 bridgehead atoms. The van der Waals surface area contributed by atoms with Crippen molar-refractivity contribution in [3.63, 3.8) is 0 Å². The molecule has 0 aliphatic heterocycles. The highest BCUT2D eigenvalue weighted by atomic mass is 35.5. The van der Waals surface area contributed by atoms with E-state index >= 15 is 0 Å². The van der Waals surface area contributed by atoms with E-state index in [4.69, 9.17) is 23.2 Å². The van der Waals surface area contributed by atoms with Crippen molar-refractivity contribution < 1.29 is 4.79 Å². The molecule has 0 fully saturated rings. The van der Waals surface area contributed by atoms with Gasteiger partial charge in [0.25, 0.3) is 0 Å². The number of carbonyl (C=O) groups excluding carboxylic acids is 1. The Bertz CT molecular complexity index is 1100. The Hall–Kier alpha value is -2.43. The maximum absolute atomic E-state index is 12.3. The lowest BCUT2D eigenvalue weighted by Crippen LogP contribution is -2.29. The Kier molecular flexibility index (Phi) is 4.62. The summed E-state index contributed by atoms with van der Waals surface area (Å²) in [6.07, 6.45) is 4.61. The molecule has 0 spiro atoms. The summed E-state index contributed by atoms with van der Waals surface area (Å²) in [6.45, 7) is 0.835. The summed E-state index contributed by atoms with van der Waals surface area (Å²) in [5.41, 5.74) is 3.14. The van der Waals surface area contributed by atoms with Gasteiger partial charge in [0.1, 0.15) is 6.54 Å². The molecule has 4 aromatic rings. The number of aromatic nitrogens is 2. The van der Waals surface area contributed by atoms with Crippen molar-refractivity contribution >= 4 is 50.9 Å². The molecule has 0 atom stereocenters. The van der Waals surface area contributed by atoms with E-state index in [1.165, 1.54) is 0 Å². The van der Waals surface area contributed by atoms with Gasteiger partial charge in [-0.25, -0.2) is 0 Å². The molecule has 0 saturated carbocycles. The highest BCUT2D eigenvalue weighted by molar-refractivity contribution is 6.31. The van der Waals surface area contributed by atoms with Gasteiger partial charge in [-0.3, -0.25) is 4.79 Å². The van der Waals surface area contributed by atoms with Crippen LogP contribution in [0.25, 0.3) is 21.8 Å². The summed E-state index contributed by atoms with van der Waals surface area (Å²) in [7, 11) is 0. The van der Waals surface area contributed by atoms with E-state index in [0.717, 1.165) is 33.8 Å². The monoisotopic (exact) mass is 385 g/mol. The number of hydrogen-bond acceptors (Lipinski definition) is 1. The van der Waals surface area contributed by atoms with Crippen molar-refractivity contribution in [3.8, 4) is 0 Å². The van der Waals surface area contributed by atoms with Crippen LogP contribution in [0.5, 0.6) is 0 Å². The van der Waals surface area contributed by atoms with E-state index in [1.54, 1.807) is 0 Å². The van der Waals surface area contributed by atoms with Gasteiger partial charge in [-0.05, 0) is 53.8 Å². The average molecular weight is 386 g/mol. The Balaban J connectivity index is 1.39. The summed E-state index contributed by atoms with van der Waals surface area (Å²) < 4.78 is 1.90. The van der Waals surface area contributed by atoms with Crippen molar-refractivity contribution in [1.82, 2.24) is 14.9 Å². The first-order valence-corrected chi connectivity index (χ1v) is 9.12. The molecule has 0 saturated heterocycles. The maximum Gasteiger partial charge on any atom is 0.239 e. The molecule has 4 rings (SSSR count). The number of aromatic amines is 1. The molecular weight excluding hydrogens is 369 g/mol. The number of carbonyl (C=O) groups is 1. The zero-order valence-electron chi connectivity index (χ0n) is 13.9. The molecule has 0 unspecified atom stereocenters. The summed E-state index contributed by atoms with van der Waals surface area (Å²) >= 11 is 12.1. The van der Waals surface area contributed by atoms with Crippen LogP contribution in [-0.2, 0) is 17.8 Å². The number of nitrogens with one attached hydrogen (secondary N) is 2. The fraction of sp³-hybridized carbons (Fsp3) is 0.150. The Morgan fingerprint density at radius 1 is 1.08 bits per heavy atom. The molecule has 132 valence electrons. The lowest BCUT2D eigenvalue weighted by atomic mass is 10.1. The van der Waals surface area contributed by atoms with Gasteiger partial charge in [-0.15, -0.1) is 0 Å². The molecular formula is C20H17Cl2N3O. The molecule has 26 heavy (non-hydrogen) atoms. The van der Waals surface area contributed by atoms with Crippen LogP contribution in [0.2, 0.25) is 10.0 Å². The van der Waals surface area contributed by atoms with Crippen LogP contribution in [0.3, 0.4) is 0 Å². The molecule has 2 aromatic heterocycles. The van der Waals surface area contributed by atoms with Crippen molar-refractivity contribution in [3.05, 3.63) is 70.5 Å². The lowest BCUT2D eigenvalue weighted by molar-refractivity contribution is -0.121. The van der Waals surface area contributed by atoms with Crippen LogP contribution >= 0.6 is 23.2 Å². The minimum absolute atomic E-state index is 0.0275. The SMILES string of the molecule is O=C(Cn1ccc2ccc(Cl)cc21)NCCc1c[nH]c2ccc(Cl)cc12. The van der Waals surface area contributed by atoms with Crippen molar-refractivity contribution in [2.75, 3.05) is 6.54 Å². The van der Waals surface area contributed by atoms with Crippen molar-refractivity contribution in [1.29, 1.82) is 0 Å². The second-order valence-corrected chi connectivity index (χ2v) is 7.12. The fourth-order valence-corrected chi connectivity index (χ4v) is 3.54. The first kappa shape index (κ1) is 17.0. The smallest absolute Gasteiger partial charge is 0.239 e. The minimum atomic E-state index is -0.0275. The van der Waals surface area contributed by atoms with Gasteiger partial charge in [0.05, 0.1) is 0 Å². The molecule has 2 N–H and O–H groups in total. The van der Waals surface area contributed by atoms with Gasteiger partial charge in [0, 0.05) is 45.4 Å². The second-order valence-electron chi connectivity index (χ2n) is 6.25. The summed E-state index contributed by atoms with van der Waals surface area (Å²) in [6, 6.07) is 13.4. The number of nitrogens with zero attached hydrogens (tertiary/aromatic N) is 1. The molecule has 1 amide bonds. The van der Waals surface area contributed by atoms with Gasteiger partial charge in [0.2, 0.25) is 5.91 Å². The molecule has 0 aliphatic carbocycles. The number of halogens is 2.